The van der Waals surface area contributed by atoms with Crippen LogP contribution in [0.15, 0.2) is 18.2 Å². The van der Waals surface area contributed by atoms with E-state index in [4.69, 9.17) is 16.3 Å². The van der Waals surface area contributed by atoms with Gasteiger partial charge in [-0.25, -0.2) is 0 Å². The van der Waals surface area contributed by atoms with Crippen molar-refractivity contribution in [2.24, 2.45) is 0 Å². The molecule has 0 bridgehead atoms. The maximum absolute atomic E-state index is 10.8. The monoisotopic (exact) mass is 287 g/mol. The summed E-state index contributed by atoms with van der Waals surface area (Å²) in [5.41, 5.74) is 0.904. The summed E-state index contributed by atoms with van der Waals surface area (Å²) in [4.78, 5) is 10.3. The highest BCUT2D eigenvalue weighted by Gasteiger charge is 2.16. The van der Waals surface area contributed by atoms with Crippen LogP contribution in [0.5, 0.6) is 0 Å². The van der Waals surface area contributed by atoms with E-state index in [9.17, 15) is 10.1 Å². The number of benzene rings is 1. The van der Waals surface area contributed by atoms with Crippen molar-refractivity contribution in [1.29, 1.82) is 0 Å². The molecule has 0 radical (unpaired) electrons. The normalized spacial score (nSPS) is 19.1. The second kappa shape index (κ2) is 6.41. The average Bonchev–Trinajstić information content (AvgIpc) is 2.84. The summed E-state index contributed by atoms with van der Waals surface area (Å²) in [5, 5.41) is 10.9. The van der Waals surface area contributed by atoms with E-state index in [1.54, 1.807) is 23.9 Å². The van der Waals surface area contributed by atoms with E-state index >= 15 is 0 Å². The van der Waals surface area contributed by atoms with Crippen LogP contribution in [-0.2, 0) is 10.5 Å². The van der Waals surface area contributed by atoms with Crippen molar-refractivity contribution >= 4 is 29.1 Å². The van der Waals surface area contributed by atoms with Crippen LogP contribution in [-0.4, -0.2) is 23.4 Å². The summed E-state index contributed by atoms with van der Waals surface area (Å²) in [7, 11) is 0. The van der Waals surface area contributed by atoms with E-state index in [1.807, 2.05) is 6.07 Å². The summed E-state index contributed by atoms with van der Waals surface area (Å²) < 4.78 is 5.52. The molecule has 1 saturated heterocycles. The number of nitro groups is 1. The van der Waals surface area contributed by atoms with Crippen molar-refractivity contribution in [1.82, 2.24) is 0 Å². The lowest BCUT2D eigenvalue weighted by Gasteiger charge is -2.08. The van der Waals surface area contributed by atoms with Gasteiger partial charge >= 0.3 is 0 Å². The number of nitro benzene ring substituents is 1. The Kier molecular flexibility index (Phi) is 4.86. The minimum atomic E-state index is -0.448. The molecule has 0 amide bonds. The Bertz CT molecular complexity index is 435. The quantitative estimate of drug-likeness (QED) is 0.612. The largest absolute Gasteiger partial charge is 0.377 e. The highest BCUT2D eigenvalue weighted by atomic mass is 35.5. The Morgan fingerprint density at radius 3 is 3.06 bits per heavy atom. The maximum Gasteiger partial charge on any atom is 0.288 e. The standard InChI is InChI=1S/C12H14ClNO3S/c13-11-4-3-9(6-12(11)14(15)16)7-18-8-10-2-1-5-17-10/h3-4,6,10H,1-2,5,7-8H2. The van der Waals surface area contributed by atoms with Crippen LogP contribution in [0.1, 0.15) is 18.4 Å². The Labute approximate surface area is 115 Å². The van der Waals surface area contributed by atoms with Gasteiger partial charge in [0, 0.05) is 24.2 Å². The molecule has 1 aromatic carbocycles. The number of halogens is 1. The Balaban J connectivity index is 1.88. The summed E-state index contributed by atoms with van der Waals surface area (Å²) in [5.74, 6) is 1.69. The molecule has 0 N–H and O–H groups in total. The fourth-order valence-electron chi connectivity index (χ4n) is 1.87. The van der Waals surface area contributed by atoms with Gasteiger partial charge in [0.1, 0.15) is 5.02 Å². The van der Waals surface area contributed by atoms with Crippen LogP contribution < -0.4 is 0 Å². The van der Waals surface area contributed by atoms with Crippen LogP contribution in [0, 0.1) is 10.1 Å². The molecule has 98 valence electrons. The lowest BCUT2D eigenvalue weighted by molar-refractivity contribution is -0.384. The Morgan fingerprint density at radius 2 is 2.39 bits per heavy atom. The van der Waals surface area contributed by atoms with Crippen LogP contribution in [0.4, 0.5) is 5.69 Å². The molecule has 0 aliphatic carbocycles. The number of hydrogen-bond donors (Lipinski definition) is 0. The number of nitrogens with zero attached hydrogens (tertiary/aromatic N) is 1. The van der Waals surface area contributed by atoms with Crippen LogP contribution >= 0.6 is 23.4 Å². The summed E-state index contributed by atoms with van der Waals surface area (Å²) >= 11 is 7.50. The van der Waals surface area contributed by atoms with Crippen LogP contribution in [0.2, 0.25) is 5.02 Å². The van der Waals surface area contributed by atoms with Gasteiger partial charge in [0.2, 0.25) is 0 Å². The van der Waals surface area contributed by atoms with Gasteiger partial charge in [0.25, 0.3) is 5.69 Å². The molecular weight excluding hydrogens is 274 g/mol. The van der Waals surface area contributed by atoms with E-state index in [1.165, 1.54) is 0 Å². The topological polar surface area (TPSA) is 52.4 Å². The lowest BCUT2D eigenvalue weighted by atomic mass is 10.2. The highest BCUT2D eigenvalue weighted by molar-refractivity contribution is 7.98. The van der Waals surface area contributed by atoms with Crippen LogP contribution in [0.3, 0.4) is 0 Å². The van der Waals surface area contributed by atoms with Crippen molar-refractivity contribution in [3.63, 3.8) is 0 Å². The smallest absolute Gasteiger partial charge is 0.288 e. The molecule has 4 nitrogen and oxygen atoms in total. The molecule has 1 aromatic rings. The zero-order valence-corrected chi connectivity index (χ0v) is 11.4. The van der Waals surface area contributed by atoms with E-state index < -0.39 is 4.92 Å². The molecule has 0 aromatic heterocycles. The molecule has 2 rings (SSSR count). The third-order valence-corrected chi connectivity index (χ3v) is 4.27. The minimum Gasteiger partial charge on any atom is -0.377 e. The SMILES string of the molecule is O=[N+]([O-])c1cc(CSCC2CCCO2)ccc1Cl. The first-order valence-electron chi connectivity index (χ1n) is 5.79. The van der Waals surface area contributed by atoms with Gasteiger partial charge in [-0.3, -0.25) is 10.1 Å². The molecule has 1 aliphatic heterocycles. The molecule has 1 fully saturated rings. The van der Waals surface area contributed by atoms with Crippen molar-refractivity contribution in [3.05, 3.63) is 38.9 Å². The van der Waals surface area contributed by atoms with Gasteiger partial charge in [-0.15, -0.1) is 0 Å². The zero-order valence-electron chi connectivity index (χ0n) is 9.80. The maximum atomic E-state index is 10.8. The molecule has 6 heteroatoms. The average molecular weight is 288 g/mol. The van der Waals surface area contributed by atoms with Gasteiger partial charge < -0.3 is 4.74 Å². The second-order valence-corrected chi connectivity index (χ2v) is 5.63. The molecular formula is C12H14ClNO3S. The molecule has 0 spiro atoms. The predicted molar refractivity (Wildman–Crippen MR) is 73.2 cm³/mol. The predicted octanol–water partition coefficient (Wildman–Crippen LogP) is 3.66. The van der Waals surface area contributed by atoms with Gasteiger partial charge in [0.15, 0.2) is 0 Å². The second-order valence-electron chi connectivity index (χ2n) is 4.19. The Morgan fingerprint density at radius 1 is 1.56 bits per heavy atom. The third-order valence-electron chi connectivity index (χ3n) is 2.80. The molecule has 1 heterocycles. The molecule has 1 atom stereocenters. The first kappa shape index (κ1) is 13.6. The van der Waals surface area contributed by atoms with Crippen molar-refractivity contribution in [3.8, 4) is 0 Å². The first-order valence-corrected chi connectivity index (χ1v) is 7.32. The molecule has 18 heavy (non-hydrogen) atoms. The van der Waals surface area contributed by atoms with Crippen molar-refractivity contribution < 1.29 is 9.66 Å². The van der Waals surface area contributed by atoms with E-state index in [0.29, 0.717) is 6.10 Å². The molecule has 0 saturated carbocycles. The van der Waals surface area contributed by atoms with E-state index in [-0.39, 0.29) is 10.7 Å². The summed E-state index contributed by atoms with van der Waals surface area (Å²) in [6.07, 6.45) is 2.60. The first-order chi connectivity index (χ1) is 8.66. The highest BCUT2D eigenvalue weighted by Crippen LogP contribution is 2.27. The van der Waals surface area contributed by atoms with Crippen LogP contribution in [0.25, 0.3) is 0 Å². The molecule has 1 unspecified atom stereocenters. The summed E-state index contributed by atoms with van der Waals surface area (Å²) in [6.45, 7) is 0.859. The lowest BCUT2D eigenvalue weighted by Crippen LogP contribution is -2.07. The van der Waals surface area contributed by atoms with Gasteiger partial charge in [-0.05, 0) is 24.5 Å². The van der Waals surface area contributed by atoms with Gasteiger partial charge in [-0.1, -0.05) is 17.7 Å². The van der Waals surface area contributed by atoms with E-state index in [0.717, 1.165) is 36.5 Å². The van der Waals surface area contributed by atoms with E-state index in [2.05, 4.69) is 0 Å². The number of rotatable bonds is 5. The number of ether oxygens (including phenoxy) is 1. The molecule has 1 aliphatic rings. The summed E-state index contributed by atoms with van der Waals surface area (Å²) in [6, 6.07) is 4.96. The van der Waals surface area contributed by atoms with Crippen molar-refractivity contribution in [2.45, 2.75) is 24.7 Å². The number of thioether (sulfide) groups is 1. The number of hydrogen-bond acceptors (Lipinski definition) is 4. The fraction of sp³-hybridized carbons (Fsp3) is 0.500. The van der Waals surface area contributed by atoms with Gasteiger partial charge in [0.05, 0.1) is 11.0 Å². The van der Waals surface area contributed by atoms with Gasteiger partial charge in [-0.2, -0.15) is 11.8 Å². The van der Waals surface area contributed by atoms with Crippen molar-refractivity contribution in [2.75, 3.05) is 12.4 Å². The fourth-order valence-corrected chi connectivity index (χ4v) is 3.12. The Hall–Kier alpha value is -0.780. The third kappa shape index (κ3) is 3.60. The minimum absolute atomic E-state index is 0.0214. The zero-order chi connectivity index (χ0) is 13.0.